The number of ether oxygens (including phenoxy) is 2. The largest absolute Gasteiger partial charge is 0.469 e. The summed E-state index contributed by atoms with van der Waals surface area (Å²) in [5.74, 6) is -0.893. The molecule has 0 heterocycles. The molecular formula is C42H79O8P. The number of phosphoric acid groups is 1. The lowest BCUT2D eigenvalue weighted by molar-refractivity contribution is -0.161. The molecule has 0 spiro atoms. The van der Waals surface area contributed by atoms with Gasteiger partial charge in [-0.15, -0.1) is 0 Å². The highest BCUT2D eigenvalue weighted by Crippen LogP contribution is 2.36. The molecule has 0 saturated carbocycles. The fourth-order valence-corrected chi connectivity index (χ4v) is 6.42. The van der Waals surface area contributed by atoms with Crippen LogP contribution in [0.15, 0.2) is 24.3 Å². The van der Waals surface area contributed by atoms with E-state index in [4.69, 9.17) is 19.3 Å². The summed E-state index contributed by atoms with van der Waals surface area (Å²) in [6.07, 6.45) is 43.3. The summed E-state index contributed by atoms with van der Waals surface area (Å²) in [5, 5.41) is 0. The summed E-state index contributed by atoms with van der Waals surface area (Å²) >= 11 is 0. The molecule has 0 aromatic heterocycles. The summed E-state index contributed by atoms with van der Waals surface area (Å²) in [5.41, 5.74) is 0. The number of rotatable bonds is 39. The third kappa shape index (κ3) is 41.2. The Morgan fingerprint density at radius 1 is 0.510 bits per heavy atom. The van der Waals surface area contributed by atoms with Crippen molar-refractivity contribution in [2.45, 2.75) is 219 Å². The molecule has 0 aliphatic carbocycles. The van der Waals surface area contributed by atoms with Crippen LogP contribution in [-0.2, 0) is 28.2 Å². The van der Waals surface area contributed by atoms with Gasteiger partial charge in [0.1, 0.15) is 6.61 Å². The van der Waals surface area contributed by atoms with E-state index in [1.165, 1.54) is 116 Å². The molecule has 300 valence electrons. The lowest BCUT2D eigenvalue weighted by atomic mass is 10.0. The van der Waals surface area contributed by atoms with Crippen molar-refractivity contribution in [1.29, 1.82) is 0 Å². The monoisotopic (exact) mass is 743 g/mol. The van der Waals surface area contributed by atoms with Gasteiger partial charge >= 0.3 is 19.8 Å². The normalized spacial score (nSPS) is 12.6. The van der Waals surface area contributed by atoms with Crippen molar-refractivity contribution < 1.29 is 37.9 Å². The Morgan fingerprint density at radius 3 is 1.37 bits per heavy atom. The molecule has 0 bridgehead atoms. The van der Waals surface area contributed by atoms with Crippen molar-refractivity contribution in [2.75, 3.05) is 13.2 Å². The van der Waals surface area contributed by atoms with Crippen LogP contribution in [0.4, 0.5) is 0 Å². The minimum atomic E-state index is -4.75. The van der Waals surface area contributed by atoms with Crippen molar-refractivity contribution in [1.82, 2.24) is 0 Å². The first kappa shape index (κ1) is 49.5. The van der Waals surface area contributed by atoms with E-state index in [1.807, 2.05) is 0 Å². The number of unbranched alkanes of at least 4 members (excludes halogenated alkanes) is 25. The Hall–Kier alpha value is -1.47. The fourth-order valence-electron chi connectivity index (χ4n) is 6.06. The summed E-state index contributed by atoms with van der Waals surface area (Å²) in [6, 6.07) is 0. The number of allylic oxidation sites excluding steroid dienone is 4. The third-order valence-electron chi connectivity index (χ3n) is 9.20. The van der Waals surface area contributed by atoms with Crippen LogP contribution in [0.2, 0.25) is 0 Å². The standard InChI is InChI=1S/C42H79O8P/c1-3-5-7-9-11-13-15-17-18-19-20-21-22-23-25-26-28-30-32-34-36-41(43)48-38-40(39-49-51(45,46)47)50-42(44)37-35-33-31-29-27-24-16-14-12-10-8-6-4-2/h8,10,14,16,40H,3-7,9,11-13,15,17-39H2,1-2H3,(H2,45,46,47)/b10-8-,16-14-. The number of hydrogen-bond acceptors (Lipinski definition) is 6. The van der Waals surface area contributed by atoms with E-state index >= 15 is 0 Å². The number of carbonyl (C=O) groups is 2. The number of carbonyl (C=O) groups excluding carboxylic acids is 2. The molecule has 1 unspecified atom stereocenters. The van der Waals surface area contributed by atoms with E-state index in [-0.39, 0.29) is 19.4 Å². The molecular weight excluding hydrogens is 663 g/mol. The summed E-state index contributed by atoms with van der Waals surface area (Å²) in [7, 11) is -4.75. The second-order valence-corrected chi connectivity index (χ2v) is 15.6. The first-order chi connectivity index (χ1) is 24.8. The molecule has 0 amide bonds. The third-order valence-corrected chi connectivity index (χ3v) is 9.69. The predicted octanol–water partition coefficient (Wildman–Crippen LogP) is 12.8. The van der Waals surface area contributed by atoms with Crippen LogP contribution in [0.1, 0.15) is 213 Å². The Balaban J connectivity index is 3.85. The van der Waals surface area contributed by atoms with Crippen LogP contribution >= 0.6 is 7.82 Å². The maximum atomic E-state index is 12.4. The SMILES string of the molecule is CCC/C=C\C/C=C\CCCCCCCC(=O)OC(COC(=O)CCCCCCCCCCCCCCCCCCCCCC)COP(=O)(O)O. The summed E-state index contributed by atoms with van der Waals surface area (Å²) in [4.78, 5) is 42.8. The van der Waals surface area contributed by atoms with Gasteiger partial charge in [-0.3, -0.25) is 14.1 Å². The number of hydrogen-bond donors (Lipinski definition) is 2. The fraction of sp³-hybridized carbons (Fsp3) is 0.857. The van der Waals surface area contributed by atoms with E-state index in [0.29, 0.717) is 6.42 Å². The summed E-state index contributed by atoms with van der Waals surface area (Å²) in [6.45, 7) is 3.63. The maximum absolute atomic E-state index is 12.4. The maximum Gasteiger partial charge on any atom is 0.469 e. The Kier molecular flexibility index (Phi) is 37.2. The molecule has 2 N–H and O–H groups in total. The lowest BCUT2D eigenvalue weighted by Crippen LogP contribution is -2.29. The molecule has 0 aromatic rings. The van der Waals surface area contributed by atoms with Crippen molar-refractivity contribution in [2.24, 2.45) is 0 Å². The van der Waals surface area contributed by atoms with E-state index in [0.717, 1.165) is 64.2 Å². The van der Waals surface area contributed by atoms with Gasteiger partial charge in [-0.1, -0.05) is 186 Å². The number of phosphoric ester groups is 1. The lowest BCUT2D eigenvalue weighted by Gasteiger charge is -2.18. The molecule has 8 nitrogen and oxygen atoms in total. The van der Waals surface area contributed by atoms with Gasteiger partial charge in [0.25, 0.3) is 0 Å². The second kappa shape index (κ2) is 38.3. The van der Waals surface area contributed by atoms with E-state index < -0.39 is 32.5 Å². The predicted molar refractivity (Wildman–Crippen MR) is 212 cm³/mol. The van der Waals surface area contributed by atoms with Crippen molar-refractivity contribution in [3.63, 3.8) is 0 Å². The molecule has 51 heavy (non-hydrogen) atoms. The zero-order valence-corrected chi connectivity index (χ0v) is 33.9. The summed E-state index contributed by atoms with van der Waals surface area (Å²) < 4.78 is 26.4. The van der Waals surface area contributed by atoms with E-state index in [1.54, 1.807) is 0 Å². The van der Waals surface area contributed by atoms with Gasteiger partial charge < -0.3 is 19.3 Å². The smallest absolute Gasteiger partial charge is 0.462 e. The average Bonchev–Trinajstić information content (AvgIpc) is 3.10. The molecule has 0 aliphatic rings. The minimum absolute atomic E-state index is 0.198. The molecule has 0 radical (unpaired) electrons. The Bertz CT molecular complexity index is 884. The molecule has 0 aliphatic heterocycles. The molecule has 0 fully saturated rings. The molecule has 0 aromatic carbocycles. The zero-order chi connectivity index (χ0) is 37.5. The van der Waals surface area contributed by atoms with Gasteiger partial charge in [-0.05, 0) is 38.5 Å². The molecule has 0 rings (SSSR count). The van der Waals surface area contributed by atoms with Gasteiger partial charge in [-0.2, -0.15) is 0 Å². The Labute approximate surface area is 313 Å². The average molecular weight is 743 g/mol. The highest BCUT2D eigenvalue weighted by atomic mass is 31.2. The van der Waals surface area contributed by atoms with Gasteiger partial charge in [0.05, 0.1) is 6.61 Å². The van der Waals surface area contributed by atoms with E-state index in [9.17, 15) is 14.2 Å². The minimum Gasteiger partial charge on any atom is -0.462 e. The van der Waals surface area contributed by atoms with Crippen LogP contribution in [0.25, 0.3) is 0 Å². The van der Waals surface area contributed by atoms with Crippen molar-refractivity contribution in [3.8, 4) is 0 Å². The van der Waals surface area contributed by atoms with E-state index in [2.05, 4.69) is 42.7 Å². The van der Waals surface area contributed by atoms with Crippen LogP contribution in [0, 0.1) is 0 Å². The first-order valence-corrected chi connectivity index (χ1v) is 22.7. The molecule has 1 atom stereocenters. The topological polar surface area (TPSA) is 119 Å². The Morgan fingerprint density at radius 2 is 0.922 bits per heavy atom. The van der Waals surface area contributed by atoms with Gasteiger partial charge in [0, 0.05) is 12.8 Å². The van der Waals surface area contributed by atoms with Crippen molar-refractivity contribution >= 4 is 19.8 Å². The van der Waals surface area contributed by atoms with Crippen LogP contribution in [0.3, 0.4) is 0 Å². The number of esters is 2. The van der Waals surface area contributed by atoms with Gasteiger partial charge in [0.15, 0.2) is 6.10 Å². The second-order valence-electron chi connectivity index (χ2n) is 14.3. The van der Waals surface area contributed by atoms with Crippen LogP contribution in [0.5, 0.6) is 0 Å². The van der Waals surface area contributed by atoms with Crippen molar-refractivity contribution in [3.05, 3.63) is 24.3 Å². The van der Waals surface area contributed by atoms with Gasteiger partial charge in [-0.25, -0.2) is 4.57 Å². The highest BCUT2D eigenvalue weighted by Gasteiger charge is 2.22. The van der Waals surface area contributed by atoms with Gasteiger partial charge in [0.2, 0.25) is 0 Å². The quantitative estimate of drug-likeness (QED) is 0.0276. The zero-order valence-electron chi connectivity index (χ0n) is 33.0. The molecule has 0 saturated heterocycles. The molecule has 9 heteroatoms. The highest BCUT2D eigenvalue weighted by molar-refractivity contribution is 7.46. The first-order valence-electron chi connectivity index (χ1n) is 21.1. The van der Waals surface area contributed by atoms with Crippen LogP contribution in [-0.4, -0.2) is 41.0 Å². The van der Waals surface area contributed by atoms with Crippen LogP contribution < -0.4 is 0 Å².